The maximum absolute atomic E-state index is 13.9. The van der Waals surface area contributed by atoms with Crippen molar-refractivity contribution in [2.45, 2.75) is 37.4 Å². The van der Waals surface area contributed by atoms with Crippen LogP contribution in [0.15, 0.2) is 46.0 Å². The Balaban J connectivity index is 1.26. The number of amidine groups is 1. The van der Waals surface area contributed by atoms with Gasteiger partial charge in [-0.15, -0.1) is 11.3 Å². The number of amides is 2. The number of carbonyl (C=O) groups excluding carboxylic acids is 2. The first-order chi connectivity index (χ1) is 20.2. The standard InChI is InChI=1S/C28H30ClFN6O5S/c1-41-27(39)22-21(32-24(25-31-6-9-42-25)33-23(22)19-5-3-16(30)11-20(19)29)14-34-7-8-35-18(12-34)13-36(28(35)40)17-4-2-15(10-17)26(37)38/h3,5-6,9,11,15,17-18,23H,2,4,7-8,10,12-14H2,1H3,(H,32,33)(H,37,38)/t15-,17-,18+,23+/m1/s1. The second-order valence-electron chi connectivity index (χ2n) is 10.9. The van der Waals surface area contributed by atoms with Gasteiger partial charge < -0.3 is 25.0 Å². The van der Waals surface area contributed by atoms with E-state index in [4.69, 9.17) is 21.3 Å². The number of carboxylic acids is 1. The third-order valence-electron chi connectivity index (χ3n) is 8.47. The molecule has 2 amide bonds. The van der Waals surface area contributed by atoms with Crippen LogP contribution in [0.4, 0.5) is 9.18 Å². The number of methoxy groups -OCH3 is 1. The lowest BCUT2D eigenvalue weighted by Crippen LogP contribution is -2.53. The smallest absolute Gasteiger partial charge is 0.338 e. The number of thiazole rings is 1. The fourth-order valence-corrected chi connectivity index (χ4v) is 7.26. The summed E-state index contributed by atoms with van der Waals surface area (Å²) in [5.41, 5.74) is 1.30. The zero-order valence-corrected chi connectivity index (χ0v) is 24.4. The Morgan fingerprint density at radius 2 is 2.05 bits per heavy atom. The highest BCUT2D eigenvalue weighted by Gasteiger charge is 2.46. The van der Waals surface area contributed by atoms with Gasteiger partial charge in [0.15, 0.2) is 10.8 Å². The number of aromatic nitrogens is 1. The fourth-order valence-electron chi connectivity index (χ4n) is 6.40. The number of urea groups is 1. The van der Waals surface area contributed by atoms with Crippen LogP contribution in [0.3, 0.4) is 0 Å². The van der Waals surface area contributed by atoms with Crippen LogP contribution >= 0.6 is 22.9 Å². The molecule has 14 heteroatoms. The summed E-state index contributed by atoms with van der Waals surface area (Å²) < 4.78 is 19.1. The molecule has 1 aromatic heterocycles. The van der Waals surface area contributed by atoms with Gasteiger partial charge in [0.05, 0.1) is 24.6 Å². The Labute approximate surface area is 250 Å². The van der Waals surface area contributed by atoms with Gasteiger partial charge in [-0.05, 0) is 31.4 Å². The number of aliphatic imine (C=N–C) groups is 1. The number of fused-ring (bicyclic) bond motifs is 1. The van der Waals surface area contributed by atoms with Crippen molar-refractivity contribution in [3.8, 4) is 0 Å². The highest BCUT2D eigenvalue weighted by molar-refractivity contribution is 7.11. The lowest BCUT2D eigenvalue weighted by atomic mass is 9.95. The number of esters is 1. The monoisotopic (exact) mass is 616 g/mol. The molecule has 3 fully saturated rings. The van der Waals surface area contributed by atoms with Gasteiger partial charge in [0, 0.05) is 66.6 Å². The van der Waals surface area contributed by atoms with Crippen molar-refractivity contribution in [2.75, 3.05) is 39.8 Å². The first-order valence-corrected chi connectivity index (χ1v) is 15.0. The molecule has 3 aliphatic heterocycles. The molecule has 4 atom stereocenters. The number of benzene rings is 1. The molecule has 11 nitrogen and oxygen atoms in total. The van der Waals surface area contributed by atoms with E-state index in [1.54, 1.807) is 6.20 Å². The summed E-state index contributed by atoms with van der Waals surface area (Å²) in [7, 11) is 1.30. The molecule has 1 saturated carbocycles. The zero-order chi connectivity index (χ0) is 29.5. The van der Waals surface area contributed by atoms with E-state index >= 15 is 0 Å². The number of carboxylic acid groups (broad SMARTS) is 1. The molecule has 6 rings (SSSR count). The number of halogens is 2. The van der Waals surface area contributed by atoms with Crippen molar-refractivity contribution < 1.29 is 28.6 Å². The summed E-state index contributed by atoms with van der Waals surface area (Å²) in [5, 5.41) is 15.3. The van der Waals surface area contributed by atoms with Crippen molar-refractivity contribution in [2.24, 2.45) is 10.9 Å². The predicted molar refractivity (Wildman–Crippen MR) is 153 cm³/mol. The minimum absolute atomic E-state index is 0.0369. The first-order valence-electron chi connectivity index (χ1n) is 13.8. The fraction of sp³-hybridized carbons (Fsp3) is 0.464. The van der Waals surface area contributed by atoms with E-state index in [0.717, 1.165) is 0 Å². The van der Waals surface area contributed by atoms with Crippen molar-refractivity contribution in [1.82, 2.24) is 25.0 Å². The molecule has 0 spiro atoms. The van der Waals surface area contributed by atoms with E-state index in [9.17, 15) is 23.9 Å². The summed E-state index contributed by atoms with van der Waals surface area (Å²) in [6.45, 7) is 2.53. The molecule has 0 unspecified atom stereocenters. The maximum atomic E-state index is 13.9. The Morgan fingerprint density at radius 3 is 2.74 bits per heavy atom. The van der Waals surface area contributed by atoms with Crippen molar-refractivity contribution in [3.63, 3.8) is 0 Å². The van der Waals surface area contributed by atoms with Crippen LogP contribution in [0.25, 0.3) is 0 Å². The van der Waals surface area contributed by atoms with E-state index < -0.39 is 29.7 Å². The average molecular weight is 617 g/mol. The molecular weight excluding hydrogens is 587 g/mol. The van der Waals surface area contributed by atoms with Crippen LogP contribution in [0.2, 0.25) is 5.02 Å². The number of aliphatic carboxylic acids is 1. The maximum Gasteiger partial charge on any atom is 0.338 e. The molecule has 4 heterocycles. The molecule has 1 aromatic carbocycles. The first kappa shape index (κ1) is 28.6. The SMILES string of the molecule is COC(=O)C1=C(CN2CCN3C(=O)N([C@@H]4CC[C@@H](C(=O)O)C4)C[C@@H]3C2)NC(c2nccs2)=N[C@H]1c1ccc(F)cc1Cl. The van der Waals surface area contributed by atoms with Gasteiger partial charge in [0.1, 0.15) is 11.9 Å². The van der Waals surface area contributed by atoms with E-state index in [1.807, 2.05) is 15.2 Å². The zero-order valence-electron chi connectivity index (χ0n) is 22.8. The quantitative estimate of drug-likeness (QED) is 0.454. The molecule has 2 N–H and O–H groups in total. The Kier molecular flexibility index (Phi) is 7.90. The van der Waals surface area contributed by atoms with Crippen LogP contribution in [0.5, 0.6) is 0 Å². The van der Waals surface area contributed by atoms with Gasteiger partial charge in [0.2, 0.25) is 0 Å². The molecule has 2 saturated heterocycles. The number of nitrogens with one attached hydrogen (secondary N) is 1. The Bertz CT molecular complexity index is 1470. The highest BCUT2D eigenvalue weighted by Crippen LogP contribution is 2.38. The summed E-state index contributed by atoms with van der Waals surface area (Å²) in [5.74, 6) is -1.83. The highest BCUT2D eigenvalue weighted by atomic mass is 35.5. The average Bonchev–Trinajstić information content (AvgIpc) is 3.73. The second kappa shape index (κ2) is 11.6. The topological polar surface area (TPSA) is 128 Å². The van der Waals surface area contributed by atoms with Crippen LogP contribution in [0, 0.1) is 11.7 Å². The lowest BCUT2D eigenvalue weighted by Gasteiger charge is -2.38. The van der Waals surface area contributed by atoms with Crippen molar-refractivity contribution in [3.05, 3.63) is 62.5 Å². The van der Waals surface area contributed by atoms with Crippen LogP contribution in [-0.4, -0.2) is 101 Å². The Hall–Kier alpha value is -3.55. The second-order valence-corrected chi connectivity index (χ2v) is 12.2. The number of carbonyl (C=O) groups is 3. The minimum Gasteiger partial charge on any atom is -0.481 e. The van der Waals surface area contributed by atoms with Crippen LogP contribution in [-0.2, 0) is 14.3 Å². The molecule has 4 aliphatic rings. The molecule has 222 valence electrons. The summed E-state index contributed by atoms with van der Waals surface area (Å²) in [4.78, 5) is 53.0. The van der Waals surface area contributed by atoms with Gasteiger partial charge in [-0.3, -0.25) is 14.7 Å². The largest absolute Gasteiger partial charge is 0.481 e. The van der Waals surface area contributed by atoms with Crippen molar-refractivity contribution >= 4 is 46.7 Å². The van der Waals surface area contributed by atoms with Gasteiger partial charge in [0.25, 0.3) is 0 Å². The van der Waals surface area contributed by atoms with Gasteiger partial charge in [-0.1, -0.05) is 17.7 Å². The Morgan fingerprint density at radius 1 is 1.21 bits per heavy atom. The molecule has 2 aromatic rings. The predicted octanol–water partition coefficient (Wildman–Crippen LogP) is 3.13. The van der Waals surface area contributed by atoms with Gasteiger partial charge >= 0.3 is 18.0 Å². The minimum atomic E-state index is -0.852. The number of hydrogen-bond donors (Lipinski definition) is 2. The summed E-state index contributed by atoms with van der Waals surface area (Å²) >= 11 is 7.84. The number of rotatable bonds is 7. The van der Waals surface area contributed by atoms with E-state index in [-0.39, 0.29) is 28.7 Å². The number of nitrogens with zero attached hydrogens (tertiary/aromatic N) is 5. The molecular formula is C28H30ClFN6O5S. The number of hydrogen-bond acceptors (Lipinski definition) is 9. The third kappa shape index (κ3) is 5.36. The summed E-state index contributed by atoms with van der Waals surface area (Å²) in [6, 6.07) is 2.98. The van der Waals surface area contributed by atoms with Gasteiger partial charge in [-0.2, -0.15) is 0 Å². The number of ether oxygens (including phenoxy) is 1. The normalized spacial score (nSPS) is 26.3. The van der Waals surface area contributed by atoms with E-state index in [2.05, 4.69) is 15.2 Å². The molecule has 0 radical (unpaired) electrons. The van der Waals surface area contributed by atoms with E-state index in [0.29, 0.717) is 74.1 Å². The van der Waals surface area contributed by atoms with Crippen LogP contribution < -0.4 is 5.32 Å². The molecule has 0 bridgehead atoms. The third-order valence-corrected chi connectivity index (χ3v) is 9.57. The summed E-state index contributed by atoms with van der Waals surface area (Å²) in [6.07, 6.45) is 3.42. The molecule has 1 aliphatic carbocycles. The van der Waals surface area contributed by atoms with Crippen molar-refractivity contribution in [1.29, 1.82) is 0 Å². The van der Waals surface area contributed by atoms with Gasteiger partial charge in [-0.25, -0.2) is 19.0 Å². The molecule has 42 heavy (non-hydrogen) atoms. The lowest BCUT2D eigenvalue weighted by molar-refractivity contribution is -0.141. The van der Waals surface area contributed by atoms with Crippen LogP contribution in [0.1, 0.15) is 35.9 Å². The number of piperazine rings is 1. The van der Waals surface area contributed by atoms with E-state index in [1.165, 1.54) is 36.6 Å².